The fourth-order valence-electron chi connectivity index (χ4n) is 0.660. The van der Waals surface area contributed by atoms with E-state index in [-0.39, 0.29) is 5.37 Å². The van der Waals surface area contributed by atoms with Gasteiger partial charge in [0, 0.05) is 5.75 Å². The summed E-state index contributed by atoms with van der Waals surface area (Å²) in [7, 11) is -1.02. The molecule has 0 fully saturated rings. The molecule has 0 aromatic heterocycles. The van der Waals surface area contributed by atoms with Gasteiger partial charge in [0.15, 0.2) is 0 Å². The minimum Gasteiger partial charge on any atom is -0.257 e. The maximum atomic E-state index is 4.42. The molecule has 0 amide bonds. The van der Waals surface area contributed by atoms with Crippen LogP contribution >= 0.6 is 35.6 Å². The molecule has 1 rings (SSSR count). The molecule has 0 N–H and O–H groups in total. The van der Waals surface area contributed by atoms with Gasteiger partial charge < -0.3 is 0 Å². The number of nitrogens with zero attached hydrogens (tertiary/aromatic N) is 1. The molecule has 0 aliphatic carbocycles. The summed E-state index contributed by atoms with van der Waals surface area (Å²) in [4.78, 5) is 4.42. The normalized spacial score (nSPS) is 25.5. The van der Waals surface area contributed by atoms with Crippen molar-refractivity contribution in [2.45, 2.75) is 25.0 Å². The van der Waals surface area contributed by atoms with Crippen LogP contribution in [0.4, 0.5) is 0 Å². The van der Waals surface area contributed by atoms with Gasteiger partial charge in [0.2, 0.25) is 0 Å². The summed E-state index contributed by atoms with van der Waals surface area (Å²) in [5.74, 6) is 1.05. The van der Waals surface area contributed by atoms with Gasteiger partial charge in [-0.25, -0.2) is 0 Å². The highest BCUT2D eigenvalue weighted by Gasteiger charge is 2.22. The third-order valence-electron chi connectivity index (χ3n) is 1.00. The molecule has 0 spiro atoms. The first-order valence-corrected chi connectivity index (χ1v) is 10.1. The summed E-state index contributed by atoms with van der Waals surface area (Å²) in [5.41, 5.74) is 0. The second kappa shape index (κ2) is 3.76. The van der Waals surface area contributed by atoms with Gasteiger partial charge >= 0.3 is 0 Å². The van der Waals surface area contributed by atoms with E-state index in [9.17, 15) is 0 Å². The Morgan fingerprint density at radius 1 is 1.64 bits per heavy atom. The van der Waals surface area contributed by atoms with Crippen LogP contribution in [0.25, 0.3) is 0 Å². The Labute approximate surface area is 82.9 Å². The third kappa shape index (κ3) is 3.92. The molecule has 0 saturated heterocycles. The number of rotatable bonds is 1. The second-order valence-corrected chi connectivity index (χ2v) is 14.4. The van der Waals surface area contributed by atoms with Gasteiger partial charge in [0.25, 0.3) is 0 Å². The van der Waals surface area contributed by atoms with E-state index in [1.165, 1.54) is 4.38 Å². The van der Waals surface area contributed by atoms with Gasteiger partial charge in [0.1, 0.15) is 17.0 Å². The maximum Gasteiger partial charge on any atom is 0.120 e. The van der Waals surface area contributed by atoms with E-state index < -0.39 is 7.22 Å². The highest BCUT2D eigenvalue weighted by Crippen LogP contribution is 2.32. The van der Waals surface area contributed by atoms with Crippen molar-refractivity contribution >= 4 is 47.2 Å². The summed E-state index contributed by atoms with van der Waals surface area (Å²) < 4.78 is 1.25. The number of thiol groups is 1. The molecule has 5 heteroatoms. The van der Waals surface area contributed by atoms with Gasteiger partial charge in [-0.3, -0.25) is 4.99 Å². The lowest BCUT2D eigenvalue weighted by molar-refractivity contribution is 1.10. The molecular formula is C6H13NS3Si. The lowest BCUT2D eigenvalue weighted by Gasteiger charge is -2.13. The van der Waals surface area contributed by atoms with Crippen molar-refractivity contribution in [3.05, 3.63) is 0 Å². The first-order chi connectivity index (χ1) is 4.97. The topological polar surface area (TPSA) is 12.4 Å². The number of hydrogen-bond acceptors (Lipinski definition) is 4. The Kier molecular flexibility index (Phi) is 3.43. The van der Waals surface area contributed by atoms with E-state index >= 15 is 0 Å². The van der Waals surface area contributed by atoms with E-state index in [1.54, 1.807) is 0 Å². The monoisotopic (exact) mass is 223 g/mol. The van der Waals surface area contributed by atoms with Crippen LogP contribution < -0.4 is 0 Å². The quantitative estimate of drug-likeness (QED) is 0.542. The first kappa shape index (κ1) is 10.0. The van der Waals surface area contributed by atoms with Crippen molar-refractivity contribution in [1.82, 2.24) is 0 Å². The second-order valence-electron chi connectivity index (χ2n) is 3.40. The zero-order valence-corrected chi connectivity index (χ0v) is 10.5. The lowest BCUT2D eigenvalue weighted by atomic mass is 10.8. The SMILES string of the molecule is C[Si](C)(C)SC1=NC(S)CS1. The number of thioether (sulfide) groups is 1. The Hall–Kier alpha value is 0.937. The van der Waals surface area contributed by atoms with Crippen LogP contribution in [-0.4, -0.2) is 22.7 Å². The van der Waals surface area contributed by atoms with Crippen LogP contribution in [0, 0.1) is 0 Å². The van der Waals surface area contributed by atoms with Gasteiger partial charge in [-0.15, -0.1) is 11.2 Å². The molecule has 0 aromatic carbocycles. The Morgan fingerprint density at radius 3 is 2.64 bits per heavy atom. The first-order valence-electron chi connectivity index (χ1n) is 3.55. The van der Waals surface area contributed by atoms with Gasteiger partial charge in [-0.1, -0.05) is 31.4 Å². The van der Waals surface area contributed by atoms with Crippen LogP contribution in [0.5, 0.6) is 0 Å². The van der Waals surface area contributed by atoms with E-state index in [0.717, 1.165) is 5.75 Å². The molecule has 1 atom stereocenters. The molecule has 1 nitrogen and oxygen atoms in total. The highest BCUT2D eigenvalue weighted by molar-refractivity contribution is 8.52. The molecule has 1 aliphatic rings. The van der Waals surface area contributed by atoms with E-state index in [2.05, 4.69) is 37.3 Å². The standard InChI is InChI=1S/C6H13NS3Si/c1-11(2,3)10-6-7-5(8)4-9-6/h5,8H,4H2,1-3H3. The smallest absolute Gasteiger partial charge is 0.120 e. The van der Waals surface area contributed by atoms with Crippen molar-refractivity contribution in [3.8, 4) is 0 Å². The summed E-state index contributed by atoms with van der Waals surface area (Å²) in [5, 5.41) is 0.249. The Balaban J connectivity index is 2.45. The Bertz CT molecular complexity index is 175. The van der Waals surface area contributed by atoms with Crippen molar-refractivity contribution in [2.75, 3.05) is 5.75 Å². The minimum absolute atomic E-state index is 0.249. The maximum absolute atomic E-state index is 4.42. The van der Waals surface area contributed by atoms with Crippen LogP contribution in [0.2, 0.25) is 19.6 Å². The van der Waals surface area contributed by atoms with Crippen LogP contribution in [-0.2, 0) is 0 Å². The third-order valence-corrected chi connectivity index (χ3v) is 6.74. The van der Waals surface area contributed by atoms with Gasteiger partial charge in [-0.05, 0) is 0 Å². The average molecular weight is 223 g/mol. The largest absolute Gasteiger partial charge is 0.257 e. The van der Waals surface area contributed by atoms with E-state index in [1.807, 2.05) is 23.0 Å². The summed E-state index contributed by atoms with van der Waals surface area (Å²) in [6.45, 7) is 7.02. The predicted octanol–water partition coefficient (Wildman–Crippen LogP) is 2.91. The van der Waals surface area contributed by atoms with Gasteiger partial charge in [0.05, 0.1) is 0 Å². The highest BCUT2D eigenvalue weighted by atomic mass is 32.4. The molecule has 0 bridgehead atoms. The zero-order valence-electron chi connectivity index (χ0n) is 7.00. The number of hydrogen-bond donors (Lipinski definition) is 1. The van der Waals surface area contributed by atoms with Crippen molar-refractivity contribution in [1.29, 1.82) is 0 Å². The minimum atomic E-state index is -1.02. The lowest BCUT2D eigenvalue weighted by Crippen LogP contribution is -2.15. The summed E-state index contributed by atoms with van der Waals surface area (Å²) >= 11 is 8.11. The fourth-order valence-corrected chi connectivity index (χ4v) is 7.38. The predicted molar refractivity (Wildman–Crippen MR) is 63.6 cm³/mol. The van der Waals surface area contributed by atoms with Crippen LogP contribution in [0.1, 0.15) is 0 Å². The van der Waals surface area contributed by atoms with Crippen molar-refractivity contribution in [3.63, 3.8) is 0 Å². The molecule has 64 valence electrons. The Morgan fingerprint density at radius 2 is 2.27 bits per heavy atom. The van der Waals surface area contributed by atoms with Crippen molar-refractivity contribution < 1.29 is 0 Å². The molecular weight excluding hydrogens is 210 g/mol. The summed E-state index contributed by atoms with van der Waals surface area (Å²) in [6, 6.07) is 0. The molecule has 11 heavy (non-hydrogen) atoms. The fraction of sp³-hybridized carbons (Fsp3) is 0.833. The molecule has 0 radical (unpaired) electrons. The molecule has 1 aliphatic heterocycles. The average Bonchev–Trinajstić information content (AvgIpc) is 2.10. The van der Waals surface area contributed by atoms with Crippen molar-refractivity contribution in [2.24, 2.45) is 4.99 Å². The van der Waals surface area contributed by atoms with Crippen LogP contribution in [0.3, 0.4) is 0 Å². The van der Waals surface area contributed by atoms with E-state index in [0.29, 0.717) is 0 Å². The van der Waals surface area contributed by atoms with Gasteiger partial charge in [-0.2, -0.15) is 12.6 Å². The van der Waals surface area contributed by atoms with Crippen LogP contribution in [0.15, 0.2) is 4.99 Å². The molecule has 0 aromatic rings. The zero-order chi connectivity index (χ0) is 8.48. The molecule has 1 unspecified atom stereocenters. The summed E-state index contributed by atoms with van der Waals surface area (Å²) in [6.07, 6.45) is 0. The molecule has 1 heterocycles. The molecule has 0 saturated carbocycles. The van der Waals surface area contributed by atoms with E-state index in [4.69, 9.17) is 0 Å². The number of aliphatic imine (C=N–C) groups is 1.